The van der Waals surface area contributed by atoms with Crippen LogP contribution in [0.1, 0.15) is 44.5 Å². The summed E-state index contributed by atoms with van der Waals surface area (Å²) in [5.41, 5.74) is 0.716. The van der Waals surface area contributed by atoms with E-state index in [0.29, 0.717) is 5.56 Å². The predicted molar refractivity (Wildman–Crippen MR) is 67.5 cm³/mol. The number of hydrogen-bond acceptors (Lipinski definition) is 3. The molecule has 0 aliphatic rings. The highest BCUT2D eigenvalue weighted by Crippen LogP contribution is 2.14. The molecular formula is C14H22O3. The van der Waals surface area contributed by atoms with Crippen LogP contribution in [0.25, 0.3) is 0 Å². The lowest BCUT2D eigenvalue weighted by Gasteiger charge is -2.15. The van der Waals surface area contributed by atoms with Crippen LogP contribution in [0.4, 0.5) is 0 Å². The number of unbranched alkanes of at least 4 members (excludes halogenated alkanes) is 2. The Morgan fingerprint density at radius 2 is 1.82 bits per heavy atom. The van der Waals surface area contributed by atoms with Gasteiger partial charge in [0.25, 0.3) is 0 Å². The highest BCUT2D eigenvalue weighted by Gasteiger charge is 2.10. The molecule has 0 aliphatic carbocycles. The molecule has 2 N–H and O–H groups in total. The van der Waals surface area contributed by atoms with Gasteiger partial charge < -0.3 is 14.9 Å². The molecule has 1 aromatic rings. The Kier molecular flexibility index (Phi) is 6.86. The maximum absolute atomic E-state index is 9.71. The second-order valence-corrected chi connectivity index (χ2v) is 4.25. The highest BCUT2D eigenvalue weighted by atomic mass is 16.6. The molecule has 0 bridgehead atoms. The zero-order chi connectivity index (χ0) is 12.5. The van der Waals surface area contributed by atoms with E-state index in [1.165, 1.54) is 0 Å². The molecule has 0 radical (unpaired) electrons. The Labute approximate surface area is 103 Å². The van der Waals surface area contributed by atoms with E-state index in [9.17, 15) is 10.2 Å². The first-order valence-electron chi connectivity index (χ1n) is 6.26. The molecule has 0 saturated carbocycles. The summed E-state index contributed by atoms with van der Waals surface area (Å²) >= 11 is 0. The Morgan fingerprint density at radius 1 is 1.12 bits per heavy atom. The van der Waals surface area contributed by atoms with E-state index in [4.69, 9.17) is 4.74 Å². The van der Waals surface area contributed by atoms with Crippen LogP contribution in [0.3, 0.4) is 0 Å². The average Bonchev–Trinajstić information content (AvgIpc) is 2.37. The zero-order valence-electron chi connectivity index (χ0n) is 10.4. The molecule has 3 nitrogen and oxygen atoms in total. The fourth-order valence-electron chi connectivity index (χ4n) is 1.63. The van der Waals surface area contributed by atoms with Crippen molar-refractivity contribution < 1.29 is 14.9 Å². The minimum absolute atomic E-state index is 0.180. The smallest absolute Gasteiger partial charge is 0.181 e. The van der Waals surface area contributed by atoms with Gasteiger partial charge in [-0.15, -0.1) is 0 Å². The van der Waals surface area contributed by atoms with Crippen LogP contribution in [0.15, 0.2) is 30.3 Å². The zero-order valence-corrected chi connectivity index (χ0v) is 10.4. The Hall–Kier alpha value is -0.900. The Morgan fingerprint density at radius 3 is 2.47 bits per heavy atom. The van der Waals surface area contributed by atoms with Crippen molar-refractivity contribution in [1.82, 2.24) is 0 Å². The summed E-state index contributed by atoms with van der Waals surface area (Å²) in [5, 5.41) is 19.3. The SMILES string of the molecule is CCCCC[C@H](O)COC(O)c1ccccc1. The van der Waals surface area contributed by atoms with E-state index >= 15 is 0 Å². The molecule has 1 unspecified atom stereocenters. The van der Waals surface area contributed by atoms with Gasteiger partial charge in [-0.3, -0.25) is 0 Å². The molecule has 17 heavy (non-hydrogen) atoms. The van der Waals surface area contributed by atoms with Crippen LogP contribution in [-0.4, -0.2) is 22.9 Å². The summed E-state index contributed by atoms with van der Waals surface area (Å²) in [7, 11) is 0. The van der Waals surface area contributed by atoms with Gasteiger partial charge in [0, 0.05) is 5.56 Å². The molecule has 0 fully saturated rings. The van der Waals surface area contributed by atoms with Gasteiger partial charge in [-0.25, -0.2) is 0 Å². The molecule has 0 amide bonds. The number of rotatable bonds is 8. The average molecular weight is 238 g/mol. The first-order chi connectivity index (χ1) is 8.24. The number of aliphatic hydroxyl groups is 2. The summed E-state index contributed by atoms with van der Waals surface area (Å²) in [6, 6.07) is 9.18. The van der Waals surface area contributed by atoms with E-state index < -0.39 is 12.4 Å². The second kappa shape index (κ2) is 8.23. The Bertz CT molecular complexity index is 287. The molecule has 1 aromatic carbocycles. The Balaban J connectivity index is 2.21. The van der Waals surface area contributed by atoms with Crippen LogP contribution in [0, 0.1) is 0 Å². The van der Waals surface area contributed by atoms with Crippen LogP contribution >= 0.6 is 0 Å². The van der Waals surface area contributed by atoms with Crippen molar-refractivity contribution in [2.24, 2.45) is 0 Å². The molecule has 0 heterocycles. The summed E-state index contributed by atoms with van der Waals surface area (Å²) in [6.07, 6.45) is 2.56. The van der Waals surface area contributed by atoms with Crippen molar-refractivity contribution in [2.45, 2.75) is 45.0 Å². The van der Waals surface area contributed by atoms with Gasteiger partial charge in [0.2, 0.25) is 0 Å². The van der Waals surface area contributed by atoms with Gasteiger partial charge in [0.05, 0.1) is 12.7 Å². The van der Waals surface area contributed by atoms with Gasteiger partial charge in [0.15, 0.2) is 6.29 Å². The third kappa shape index (κ3) is 5.82. The molecule has 0 saturated heterocycles. The van der Waals surface area contributed by atoms with Gasteiger partial charge in [-0.05, 0) is 6.42 Å². The first-order valence-corrected chi connectivity index (χ1v) is 6.26. The van der Waals surface area contributed by atoms with Gasteiger partial charge >= 0.3 is 0 Å². The highest BCUT2D eigenvalue weighted by molar-refractivity contribution is 5.15. The minimum atomic E-state index is -0.947. The summed E-state index contributed by atoms with van der Waals surface area (Å²) in [5.74, 6) is 0. The lowest BCUT2D eigenvalue weighted by atomic mass is 10.1. The molecule has 0 aliphatic heterocycles. The fourth-order valence-corrected chi connectivity index (χ4v) is 1.63. The molecule has 0 spiro atoms. The third-order valence-electron chi connectivity index (χ3n) is 2.67. The van der Waals surface area contributed by atoms with Crippen molar-refractivity contribution in [3.8, 4) is 0 Å². The van der Waals surface area contributed by atoms with Gasteiger partial charge in [-0.1, -0.05) is 56.5 Å². The van der Waals surface area contributed by atoms with Crippen LogP contribution < -0.4 is 0 Å². The van der Waals surface area contributed by atoms with Crippen molar-refractivity contribution in [3.05, 3.63) is 35.9 Å². The lowest BCUT2D eigenvalue weighted by Crippen LogP contribution is -2.17. The van der Waals surface area contributed by atoms with Gasteiger partial charge in [0.1, 0.15) is 0 Å². The normalized spacial score (nSPS) is 14.5. The number of hydrogen-bond donors (Lipinski definition) is 2. The molecule has 96 valence electrons. The van der Waals surface area contributed by atoms with Crippen molar-refractivity contribution >= 4 is 0 Å². The molecule has 3 heteroatoms. The lowest BCUT2D eigenvalue weighted by molar-refractivity contribution is -0.125. The minimum Gasteiger partial charge on any atom is -0.391 e. The topological polar surface area (TPSA) is 49.7 Å². The maximum Gasteiger partial charge on any atom is 0.181 e. The largest absolute Gasteiger partial charge is 0.391 e. The molecule has 0 aromatic heterocycles. The first kappa shape index (κ1) is 14.2. The number of ether oxygens (including phenoxy) is 1. The van der Waals surface area contributed by atoms with Crippen molar-refractivity contribution in [1.29, 1.82) is 0 Å². The number of aliphatic hydroxyl groups excluding tert-OH is 2. The van der Waals surface area contributed by atoms with Crippen LogP contribution in [-0.2, 0) is 4.74 Å². The van der Waals surface area contributed by atoms with Crippen molar-refractivity contribution in [2.75, 3.05) is 6.61 Å². The summed E-state index contributed by atoms with van der Waals surface area (Å²) in [6.45, 7) is 2.31. The predicted octanol–water partition coefficient (Wildman–Crippen LogP) is 2.64. The summed E-state index contributed by atoms with van der Waals surface area (Å²) < 4.78 is 5.23. The third-order valence-corrected chi connectivity index (χ3v) is 2.67. The maximum atomic E-state index is 9.71. The van der Waals surface area contributed by atoms with E-state index in [2.05, 4.69) is 6.92 Å². The summed E-state index contributed by atoms with van der Waals surface area (Å²) in [4.78, 5) is 0. The van der Waals surface area contributed by atoms with E-state index in [-0.39, 0.29) is 6.61 Å². The molecule has 1 rings (SSSR count). The molecule has 2 atom stereocenters. The van der Waals surface area contributed by atoms with Crippen LogP contribution in [0.5, 0.6) is 0 Å². The quantitative estimate of drug-likeness (QED) is 0.540. The standard InChI is InChI=1S/C14H22O3/c1-2-3-5-10-13(15)11-17-14(16)12-8-6-4-7-9-12/h4,6-9,13-16H,2-3,5,10-11H2,1H3/t13-,14?/m0/s1. The monoisotopic (exact) mass is 238 g/mol. The number of benzene rings is 1. The van der Waals surface area contributed by atoms with E-state index in [0.717, 1.165) is 25.7 Å². The van der Waals surface area contributed by atoms with E-state index in [1.54, 1.807) is 12.1 Å². The molecular weight excluding hydrogens is 216 g/mol. The van der Waals surface area contributed by atoms with Crippen molar-refractivity contribution in [3.63, 3.8) is 0 Å². The second-order valence-electron chi connectivity index (χ2n) is 4.25. The van der Waals surface area contributed by atoms with Gasteiger partial charge in [-0.2, -0.15) is 0 Å². The fraction of sp³-hybridized carbons (Fsp3) is 0.571. The van der Waals surface area contributed by atoms with E-state index in [1.807, 2.05) is 18.2 Å². The van der Waals surface area contributed by atoms with Crippen LogP contribution in [0.2, 0.25) is 0 Å².